The topological polar surface area (TPSA) is 80.5 Å². The van der Waals surface area contributed by atoms with Crippen LogP contribution in [-0.4, -0.2) is 25.7 Å². The number of benzene rings is 2. The molecule has 0 saturated carbocycles. The van der Waals surface area contributed by atoms with Crippen LogP contribution in [0.15, 0.2) is 47.4 Å². The van der Waals surface area contributed by atoms with Crippen molar-refractivity contribution in [3.8, 4) is 0 Å². The molecule has 0 fully saturated rings. The summed E-state index contributed by atoms with van der Waals surface area (Å²) in [6, 6.07) is 8.78. The van der Waals surface area contributed by atoms with Crippen LogP contribution >= 0.6 is 0 Å². The molecule has 0 spiro atoms. The zero-order valence-electron chi connectivity index (χ0n) is 13.7. The molecule has 5 nitrogen and oxygen atoms in total. The third-order valence-corrected chi connectivity index (χ3v) is 5.77. The third-order valence-electron chi connectivity index (χ3n) is 3.78. The molecular weight excluding hydrogens is 331 g/mol. The standard InChI is InChI=1S/C17H19FN2O3S/c1-11-7-8-15(12(2)9-11)24(22,23)20(3)16(17(19)21)13-5-4-6-14(18)10-13/h4-10,16H,1-3H3,(H2,19,21). The maximum absolute atomic E-state index is 13.5. The molecule has 0 saturated heterocycles. The summed E-state index contributed by atoms with van der Waals surface area (Å²) in [5.41, 5.74) is 7.05. The van der Waals surface area contributed by atoms with Gasteiger partial charge < -0.3 is 5.73 Å². The number of sulfonamides is 1. The molecule has 24 heavy (non-hydrogen) atoms. The van der Waals surface area contributed by atoms with Gasteiger partial charge in [-0.05, 0) is 43.2 Å². The second-order valence-corrected chi connectivity index (χ2v) is 7.62. The number of carbonyl (C=O) groups excluding carboxylic acids is 1. The Morgan fingerprint density at radius 3 is 2.38 bits per heavy atom. The molecule has 2 N–H and O–H groups in total. The summed E-state index contributed by atoms with van der Waals surface area (Å²) in [5, 5.41) is 0. The number of primary amides is 1. The Labute approximate surface area is 141 Å². The summed E-state index contributed by atoms with van der Waals surface area (Å²) in [6.45, 7) is 3.53. The van der Waals surface area contributed by atoms with E-state index in [1.165, 1.54) is 31.3 Å². The Morgan fingerprint density at radius 1 is 1.17 bits per heavy atom. The lowest BCUT2D eigenvalue weighted by molar-refractivity contribution is -0.121. The second kappa shape index (κ2) is 6.70. The van der Waals surface area contributed by atoms with Gasteiger partial charge in [0, 0.05) is 7.05 Å². The molecule has 1 unspecified atom stereocenters. The van der Waals surface area contributed by atoms with E-state index in [0.29, 0.717) is 5.56 Å². The van der Waals surface area contributed by atoms with Crippen LogP contribution < -0.4 is 5.73 Å². The Hall–Kier alpha value is -2.25. The van der Waals surface area contributed by atoms with Gasteiger partial charge in [-0.3, -0.25) is 4.79 Å². The van der Waals surface area contributed by atoms with Crippen molar-refractivity contribution in [2.75, 3.05) is 7.05 Å². The van der Waals surface area contributed by atoms with Gasteiger partial charge in [0.15, 0.2) is 0 Å². The van der Waals surface area contributed by atoms with E-state index in [9.17, 15) is 17.6 Å². The Bertz CT molecular complexity index is 881. The van der Waals surface area contributed by atoms with E-state index in [1.807, 2.05) is 6.92 Å². The van der Waals surface area contributed by atoms with Crippen LogP contribution in [0.2, 0.25) is 0 Å². The van der Waals surface area contributed by atoms with Crippen LogP contribution in [0.25, 0.3) is 0 Å². The highest BCUT2D eigenvalue weighted by Gasteiger charge is 2.33. The van der Waals surface area contributed by atoms with Crippen molar-refractivity contribution in [1.29, 1.82) is 0 Å². The average Bonchev–Trinajstić information content (AvgIpc) is 2.46. The molecular formula is C17H19FN2O3S. The van der Waals surface area contributed by atoms with Crippen molar-refractivity contribution in [3.63, 3.8) is 0 Å². The minimum atomic E-state index is -3.98. The fraction of sp³-hybridized carbons (Fsp3) is 0.235. The molecule has 0 radical (unpaired) electrons. The van der Waals surface area contributed by atoms with Gasteiger partial charge in [-0.1, -0.05) is 29.8 Å². The first kappa shape index (κ1) is 18.1. The molecule has 0 aromatic heterocycles. The molecule has 0 aliphatic heterocycles. The summed E-state index contributed by atoms with van der Waals surface area (Å²) in [5.74, 6) is -1.45. The van der Waals surface area contributed by atoms with E-state index in [0.717, 1.165) is 15.9 Å². The number of nitrogens with two attached hydrogens (primary N) is 1. The molecule has 0 aliphatic rings. The number of nitrogens with zero attached hydrogens (tertiary/aromatic N) is 1. The van der Waals surface area contributed by atoms with Crippen LogP contribution in [0.4, 0.5) is 4.39 Å². The molecule has 0 aliphatic carbocycles. The van der Waals surface area contributed by atoms with Crippen molar-refractivity contribution in [1.82, 2.24) is 4.31 Å². The van der Waals surface area contributed by atoms with Gasteiger partial charge in [-0.25, -0.2) is 12.8 Å². The number of likely N-dealkylation sites (N-methyl/N-ethyl adjacent to an activating group) is 1. The predicted octanol–water partition coefficient (Wildman–Crippen LogP) is 2.29. The molecule has 128 valence electrons. The molecule has 2 aromatic rings. The third kappa shape index (κ3) is 3.47. The minimum Gasteiger partial charge on any atom is -0.368 e. The number of carbonyl (C=O) groups is 1. The number of rotatable bonds is 5. The van der Waals surface area contributed by atoms with E-state index in [4.69, 9.17) is 5.73 Å². The summed E-state index contributed by atoms with van der Waals surface area (Å²) in [4.78, 5) is 11.9. The highest BCUT2D eigenvalue weighted by atomic mass is 32.2. The first-order valence-electron chi connectivity index (χ1n) is 7.24. The summed E-state index contributed by atoms with van der Waals surface area (Å²) < 4.78 is 40.1. The first-order chi connectivity index (χ1) is 11.1. The number of amides is 1. The van der Waals surface area contributed by atoms with Gasteiger partial charge in [-0.2, -0.15) is 4.31 Å². The van der Waals surface area contributed by atoms with Gasteiger partial charge in [0.2, 0.25) is 15.9 Å². The Balaban J connectivity index is 2.53. The normalized spacial score (nSPS) is 13.0. The van der Waals surface area contributed by atoms with Crippen LogP contribution in [0.5, 0.6) is 0 Å². The lowest BCUT2D eigenvalue weighted by Crippen LogP contribution is -2.39. The van der Waals surface area contributed by atoms with E-state index in [1.54, 1.807) is 19.1 Å². The number of hydrogen-bond donors (Lipinski definition) is 1. The van der Waals surface area contributed by atoms with Crippen LogP contribution in [0.3, 0.4) is 0 Å². The van der Waals surface area contributed by atoms with Gasteiger partial charge in [-0.15, -0.1) is 0 Å². The lowest BCUT2D eigenvalue weighted by atomic mass is 10.1. The second-order valence-electron chi connectivity index (χ2n) is 5.65. The van der Waals surface area contributed by atoms with Crippen LogP contribution in [0.1, 0.15) is 22.7 Å². The fourth-order valence-electron chi connectivity index (χ4n) is 2.61. The summed E-state index contributed by atoms with van der Waals surface area (Å²) >= 11 is 0. The number of aryl methyl sites for hydroxylation is 2. The van der Waals surface area contributed by atoms with Gasteiger partial charge >= 0.3 is 0 Å². The molecule has 2 aromatic carbocycles. The molecule has 1 atom stereocenters. The number of halogens is 1. The SMILES string of the molecule is Cc1ccc(S(=O)(=O)N(C)C(C(N)=O)c2cccc(F)c2)c(C)c1. The lowest BCUT2D eigenvalue weighted by Gasteiger charge is -2.26. The first-order valence-corrected chi connectivity index (χ1v) is 8.68. The molecule has 1 amide bonds. The highest BCUT2D eigenvalue weighted by molar-refractivity contribution is 7.89. The van der Waals surface area contributed by atoms with Crippen molar-refractivity contribution in [3.05, 3.63) is 65.0 Å². The maximum atomic E-state index is 13.5. The average molecular weight is 350 g/mol. The smallest absolute Gasteiger partial charge is 0.244 e. The summed E-state index contributed by atoms with van der Waals surface area (Å²) in [7, 11) is -2.72. The fourth-order valence-corrected chi connectivity index (χ4v) is 4.13. The maximum Gasteiger partial charge on any atom is 0.244 e. The molecule has 7 heteroatoms. The molecule has 2 rings (SSSR count). The largest absolute Gasteiger partial charge is 0.368 e. The van der Waals surface area contributed by atoms with E-state index < -0.39 is 27.8 Å². The molecule has 0 bridgehead atoms. The zero-order valence-corrected chi connectivity index (χ0v) is 14.5. The van der Waals surface area contributed by atoms with Crippen LogP contribution in [0, 0.1) is 19.7 Å². The van der Waals surface area contributed by atoms with Gasteiger partial charge in [0.25, 0.3) is 0 Å². The van der Waals surface area contributed by atoms with Gasteiger partial charge in [0.1, 0.15) is 11.9 Å². The number of hydrogen-bond acceptors (Lipinski definition) is 3. The molecule has 0 heterocycles. The van der Waals surface area contributed by atoms with Crippen molar-refractivity contribution in [2.24, 2.45) is 5.73 Å². The zero-order chi connectivity index (χ0) is 18.1. The Kier molecular flexibility index (Phi) is 5.05. The quantitative estimate of drug-likeness (QED) is 0.898. The summed E-state index contributed by atoms with van der Waals surface area (Å²) in [6.07, 6.45) is 0. The monoisotopic (exact) mass is 350 g/mol. The van der Waals surface area contributed by atoms with Crippen molar-refractivity contribution in [2.45, 2.75) is 24.8 Å². The minimum absolute atomic E-state index is 0.0817. The predicted molar refractivity (Wildman–Crippen MR) is 89.2 cm³/mol. The van der Waals surface area contributed by atoms with E-state index in [-0.39, 0.29) is 10.5 Å². The van der Waals surface area contributed by atoms with E-state index in [2.05, 4.69) is 0 Å². The van der Waals surface area contributed by atoms with Crippen molar-refractivity contribution < 1.29 is 17.6 Å². The van der Waals surface area contributed by atoms with Crippen LogP contribution in [-0.2, 0) is 14.8 Å². The highest BCUT2D eigenvalue weighted by Crippen LogP contribution is 2.28. The Morgan fingerprint density at radius 2 is 1.83 bits per heavy atom. The van der Waals surface area contributed by atoms with Gasteiger partial charge in [0.05, 0.1) is 4.90 Å². The van der Waals surface area contributed by atoms with Crippen molar-refractivity contribution >= 4 is 15.9 Å². The van der Waals surface area contributed by atoms with E-state index >= 15 is 0 Å².